The quantitative estimate of drug-likeness (QED) is 0.740. The van der Waals surface area contributed by atoms with Gasteiger partial charge in [0.1, 0.15) is 0 Å². The fourth-order valence-corrected chi connectivity index (χ4v) is 1.15. The van der Waals surface area contributed by atoms with Crippen molar-refractivity contribution in [3.8, 4) is 0 Å². The molecule has 0 aliphatic heterocycles. The first-order valence-electron chi connectivity index (χ1n) is 5.79. The minimum atomic E-state index is -3.67. The fraction of sp³-hybridized carbons (Fsp3) is 0. The van der Waals surface area contributed by atoms with Gasteiger partial charge < -0.3 is 19.8 Å². The molecule has 0 bridgehead atoms. The van der Waals surface area contributed by atoms with E-state index in [2.05, 4.69) is 0 Å². The molecule has 0 unspecified atom stereocenters. The number of hydrogen-bond acceptors (Lipinski definition) is 4. The molecular formula is C14H10BF3NiO4. The standard InChI is InChI=1S/2C7H6O2.BF3.Ni/c2*8-7(9)6-4-2-1-3-5-6;2-1(3)4;/h2*1-5H,(H,8,9);;/q;;;+2/p-2. The van der Waals surface area contributed by atoms with Crippen LogP contribution in [0.15, 0.2) is 60.7 Å². The summed E-state index contributed by atoms with van der Waals surface area (Å²) in [6.45, 7) is 0. The molecule has 0 amide bonds. The average molecular weight is 369 g/mol. The molecule has 0 aromatic heterocycles. The molecule has 0 spiro atoms. The molecule has 0 N–H and O–H groups in total. The third kappa shape index (κ3) is 13.1. The van der Waals surface area contributed by atoms with E-state index in [9.17, 15) is 32.7 Å². The molecule has 4 nitrogen and oxygen atoms in total. The van der Waals surface area contributed by atoms with Crippen molar-refractivity contribution in [2.45, 2.75) is 0 Å². The zero-order valence-corrected chi connectivity index (χ0v) is 12.4. The Morgan fingerprint density at radius 3 is 1.04 bits per heavy atom. The number of carboxylic acids is 2. The summed E-state index contributed by atoms with van der Waals surface area (Å²) < 4.78 is 29.0. The van der Waals surface area contributed by atoms with Gasteiger partial charge in [0.25, 0.3) is 0 Å². The second kappa shape index (κ2) is 13.4. The Morgan fingerprint density at radius 2 is 0.913 bits per heavy atom. The average Bonchev–Trinajstić information content (AvgIpc) is 2.49. The summed E-state index contributed by atoms with van der Waals surface area (Å²) in [5, 5.41) is 20.2. The number of benzene rings is 2. The predicted octanol–water partition coefficient (Wildman–Crippen LogP) is 0.977. The maximum atomic E-state index is 10.1. The van der Waals surface area contributed by atoms with Gasteiger partial charge in [-0.05, 0) is 11.1 Å². The van der Waals surface area contributed by atoms with Crippen molar-refractivity contribution in [3.63, 3.8) is 0 Å². The normalized spacial score (nSPS) is 8.13. The van der Waals surface area contributed by atoms with E-state index in [-0.39, 0.29) is 27.6 Å². The number of carbonyl (C=O) groups excluding carboxylic acids is 2. The summed E-state index contributed by atoms with van der Waals surface area (Å²) in [4.78, 5) is 20.2. The number of rotatable bonds is 2. The van der Waals surface area contributed by atoms with Crippen molar-refractivity contribution >= 4 is 19.5 Å². The van der Waals surface area contributed by atoms with Crippen LogP contribution in [0.25, 0.3) is 0 Å². The Bertz CT molecular complexity index is 518. The monoisotopic (exact) mass is 368 g/mol. The van der Waals surface area contributed by atoms with Crippen LogP contribution in [0, 0.1) is 0 Å². The molecule has 0 heterocycles. The Morgan fingerprint density at radius 1 is 0.696 bits per heavy atom. The molecular weight excluding hydrogens is 359 g/mol. The molecule has 0 radical (unpaired) electrons. The summed E-state index contributed by atoms with van der Waals surface area (Å²) in [7, 11) is -3.67. The van der Waals surface area contributed by atoms with E-state index in [0.29, 0.717) is 0 Å². The third-order valence-corrected chi connectivity index (χ3v) is 2.02. The molecule has 0 atom stereocenters. The zero-order chi connectivity index (χ0) is 17.0. The summed E-state index contributed by atoms with van der Waals surface area (Å²) in [5.74, 6) is -2.26. The van der Waals surface area contributed by atoms with E-state index < -0.39 is 19.5 Å². The Kier molecular flexibility index (Phi) is 13.4. The van der Waals surface area contributed by atoms with Crippen LogP contribution in [0.2, 0.25) is 0 Å². The molecule has 0 aliphatic carbocycles. The van der Waals surface area contributed by atoms with Crippen LogP contribution in [0.4, 0.5) is 12.9 Å². The SMILES string of the molecule is FB(F)F.O=C([O-])c1ccccc1.O=C([O-])c1ccccc1.[Ni+2]. The molecule has 2 rings (SSSR count). The van der Waals surface area contributed by atoms with Gasteiger partial charge in [0.2, 0.25) is 0 Å². The van der Waals surface area contributed by atoms with Crippen LogP contribution >= 0.6 is 0 Å². The molecule has 0 aliphatic rings. The first-order valence-corrected chi connectivity index (χ1v) is 5.79. The number of aromatic carboxylic acids is 2. The Labute approximate surface area is 141 Å². The number of hydrogen-bond donors (Lipinski definition) is 0. The van der Waals surface area contributed by atoms with E-state index in [1.54, 1.807) is 36.4 Å². The van der Waals surface area contributed by atoms with Crippen LogP contribution in [0.5, 0.6) is 0 Å². The summed E-state index contributed by atoms with van der Waals surface area (Å²) in [5.41, 5.74) is 0.440. The molecule has 9 heteroatoms. The van der Waals surface area contributed by atoms with Crippen molar-refractivity contribution in [3.05, 3.63) is 71.8 Å². The van der Waals surface area contributed by atoms with Gasteiger partial charge in [-0.3, -0.25) is 12.9 Å². The van der Waals surface area contributed by atoms with E-state index in [1.165, 1.54) is 24.3 Å². The van der Waals surface area contributed by atoms with Gasteiger partial charge in [-0.25, -0.2) is 0 Å². The van der Waals surface area contributed by atoms with Gasteiger partial charge in [-0.2, -0.15) is 0 Å². The second-order valence-electron chi connectivity index (χ2n) is 3.55. The maximum absolute atomic E-state index is 10.1. The minimum absolute atomic E-state index is 0. The topological polar surface area (TPSA) is 80.3 Å². The predicted molar refractivity (Wildman–Crippen MR) is 70.6 cm³/mol. The maximum Gasteiger partial charge on any atom is 2.00 e. The van der Waals surface area contributed by atoms with Gasteiger partial charge in [0.05, 0.1) is 11.9 Å². The summed E-state index contributed by atoms with van der Waals surface area (Å²) in [6, 6.07) is 16.1. The number of halogens is 3. The minimum Gasteiger partial charge on any atom is -0.545 e. The number of carboxylic acid groups (broad SMARTS) is 2. The van der Waals surface area contributed by atoms with Crippen molar-refractivity contribution in [2.75, 3.05) is 0 Å². The van der Waals surface area contributed by atoms with Crippen LogP contribution in [-0.2, 0) is 16.5 Å². The van der Waals surface area contributed by atoms with Crippen LogP contribution in [-0.4, -0.2) is 19.5 Å². The number of carbonyl (C=O) groups is 2. The molecule has 0 saturated carbocycles. The molecule has 23 heavy (non-hydrogen) atoms. The fourth-order valence-electron chi connectivity index (χ4n) is 1.15. The van der Waals surface area contributed by atoms with E-state index >= 15 is 0 Å². The summed E-state index contributed by atoms with van der Waals surface area (Å²) >= 11 is 0. The van der Waals surface area contributed by atoms with Crippen LogP contribution in [0.3, 0.4) is 0 Å². The van der Waals surface area contributed by atoms with Gasteiger partial charge in [0.15, 0.2) is 0 Å². The van der Waals surface area contributed by atoms with E-state index in [1.807, 2.05) is 0 Å². The zero-order valence-electron chi connectivity index (χ0n) is 11.4. The van der Waals surface area contributed by atoms with Gasteiger partial charge in [-0.15, -0.1) is 0 Å². The first-order chi connectivity index (χ1) is 10.3. The van der Waals surface area contributed by atoms with Gasteiger partial charge >= 0.3 is 24.0 Å². The van der Waals surface area contributed by atoms with E-state index in [4.69, 9.17) is 0 Å². The van der Waals surface area contributed by atoms with Crippen molar-refractivity contribution in [1.82, 2.24) is 0 Å². The van der Waals surface area contributed by atoms with Crippen LogP contribution < -0.4 is 10.2 Å². The second-order valence-corrected chi connectivity index (χ2v) is 3.55. The molecule has 124 valence electrons. The third-order valence-electron chi connectivity index (χ3n) is 2.02. The van der Waals surface area contributed by atoms with Gasteiger partial charge in [-0.1, -0.05) is 60.7 Å². The van der Waals surface area contributed by atoms with Crippen LogP contribution in [0.1, 0.15) is 20.7 Å². The van der Waals surface area contributed by atoms with Gasteiger partial charge in [0, 0.05) is 0 Å². The molecule has 0 saturated heterocycles. The van der Waals surface area contributed by atoms with Crippen molar-refractivity contribution in [2.24, 2.45) is 0 Å². The molecule has 2 aromatic carbocycles. The van der Waals surface area contributed by atoms with Crippen molar-refractivity contribution in [1.29, 1.82) is 0 Å². The van der Waals surface area contributed by atoms with Crippen molar-refractivity contribution < 1.29 is 49.2 Å². The van der Waals surface area contributed by atoms with E-state index in [0.717, 1.165) is 0 Å². The Hall–Kier alpha value is -2.27. The largest absolute Gasteiger partial charge is 2.00 e. The molecule has 2 aromatic rings. The molecule has 0 fully saturated rings. The smallest absolute Gasteiger partial charge is 0.545 e. The Balaban J connectivity index is 0. The first kappa shape index (κ1) is 23.0. The summed E-state index contributed by atoms with van der Waals surface area (Å²) in [6.07, 6.45) is 0.